The van der Waals surface area contributed by atoms with Gasteiger partial charge in [-0.25, -0.2) is 0 Å². The van der Waals surface area contributed by atoms with Gasteiger partial charge in [-0.15, -0.1) is 0 Å². The van der Waals surface area contributed by atoms with E-state index in [-0.39, 0.29) is 0 Å². The highest BCUT2D eigenvalue weighted by Crippen LogP contribution is 2.41. The Hall–Kier alpha value is -0.460. The van der Waals surface area contributed by atoms with E-state index in [2.05, 4.69) is 19.9 Å². The predicted octanol–water partition coefficient (Wildman–Crippen LogP) is 7.26. The second-order valence-corrected chi connectivity index (χ2v) is 8.12. The molecule has 0 spiro atoms. The molecule has 1 heteroatoms. The van der Waals surface area contributed by atoms with Crippen LogP contribution >= 0.6 is 0 Å². The van der Waals surface area contributed by atoms with Gasteiger partial charge in [0.15, 0.2) is 0 Å². The topological polar surface area (TPSA) is 9.23 Å². The monoisotopic (exact) mass is 320 g/mol. The van der Waals surface area contributed by atoms with Crippen molar-refractivity contribution in [1.29, 1.82) is 0 Å². The summed E-state index contributed by atoms with van der Waals surface area (Å²) in [6.07, 6.45) is 24.2. The molecule has 0 aromatic heterocycles. The summed E-state index contributed by atoms with van der Waals surface area (Å²) in [7, 11) is 0. The van der Waals surface area contributed by atoms with Crippen molar-refractivity contribution < 1.29 is 4.74 Å². The molecule has 2 rings (SSSR count). The van der Waals surface area contributed by atoms with Crippen LogP contribution in [-0.4, -0.2) is 6.10 Å². The van der Waals surface area contributed by atoms with Crippen molar-refractivity contribution in [1.82, 2.24) is 0 Å². The molecule has 2 fully saturated rings. The van der Waals surface area contributed by atoms with Crippen LogP contribution in [0, 0.1) is 17.8 Å². The van der Waals surface area contributed by atoms with Crippen molar-refractivity contribution in [2.75, 3.05) is 0 Å². The molecule has 0 radical (unpaired) electrons. The molecule has 0 heterocycles. The van der Waals surface area contributed by atoms with E-state index in [1.165, 1.54) is 89.9 Å². The molecule has 0 bridgehead atoms. The van der Waals surface area contributed by atoms with E-state index in [0.717, 1.165) is 17.8 Å². The van der Waals surface area contributed by atoms with Crippen LogP contribution in [0.4, 0.5) is 0 Å². The van der Waals surface area contributed by atoms with Gasteiger partial charge in [-0.2, -0.15) is 0 Å². The van der Waals surface area contributed by atoms with E-state index in [1.807, 2.05) is 6.26 Å². The molecule has 0 aromatic rings. The molecule has 2 aliphatic carbocycles. The molecule has 0 aliphatic heterocycles. The van der Waals surface area contributed by atoms with E-state index in [9.17, 15) is 0 Å². The first kappa shape index (κ1) is 18.9. The number of hydrogen-bond donors (Lipinski definition) is 0. The van der Waals surface area contributed by atoms with Gasteiger partial charge in [-0.3, -0.25) is 0 Å². The minimum absolute atomic E-state index is 0.504. The third-order valence-corrected chi connectivity index (χ3v) is 6.28. The minimum Gasteiger partial charge on any atom is -0.498 e. The highest BCUT2D eigenvalue weighted by molar-refractivity contribution is 4.84. The largest absolute Gasteiger partial charge is 0.498 e. The third-order valence-electron chi connectivity index (χ3n) is 6.28. The van der Waals surface area contributed by atoms with Crippen LogP contribution in [0.5, 0.6) is 0 Å². The summed E-state index contributed by atoms with van der Waals surface area (Å²) in [6.45, 7) is 4.57. The zero-order valence-electron chi connectivity index (χ0n) is 15.8. The molecule has 0 N–H and O–H groups in total. The van der Waals surface area contributed by atoms with Gasteiger partial charge in [0.1, 0.15) is 0 Å². The number of rotatable bonds is 9. The fourth-order valence-corrected chi connectivity index (χ4v) is 4.73. The average Bonchev–Trinajstić information content (AvgIpc) is 2.60. The molecular weight excluding hydrogens is 280 g/mol. The lowest BCUT2D eigenvalue weighted by Crippen LogP contribution is -2.29. The summed E-state index contributed by atoms with van der Waals surface area (Å²) >= 11 is 0. The number of ether oxygens (including phenoxy) is 1. The molecule has 1 nitrogen and oxygen atoms in total. The van der Waals surface area contributed by atoms with Crippen molar-refractivity contribution in [3.05, 3.63) is 12.3 Å². The Balaban J connectivity index is 1.66. The predicted molar refractivity (Wildman–Crippen MR) is 100 cm³/mol. The molecule has 2 aliphatic rings. The summed E-state index contributed by atoms with van der Waals surface area (Å²) in [5, 5.41) is 0. The number of hydrogen-bond acceptors (Lipinski definition) is 1. The summed E-state index contributed by atoms with van der Waals surface area (Å²) in [5.74, 6) is 3.00. The quantitative estimate of drug-likeness (QED) is 0.321. The molecule has 0 saturated heterocycles. The zero-order chi connectivity index (χ0) is 16.3. The van der Waals surface area contributed by atoms with Crippen LogP contribution < -0.4 is 0 Å². The first-order valence-corrected chi connectivity index (χ1v) is 10.6. The summed E-state index contributed by atoms with van der Waals surface area (Å²) < 4.78 is 6.04. The smallest absolute Gasteiger partial charge is 0.0981 e. The minimum atomic E-state index is 0.504. The molecule has 2 saturated carbocycles. The summed E-state index contributed by atoms with van der Waals surface area (Å²) in [4.78, 5) is 0. The Kier molecular flexibility index (Phi) is 9.15. The number of allylic oxidation sites excluding steroid dienone is 1. The first-order chi connectivity index (χ1) is 11.3. The zero-order valence-corrected chi connectivity index (χ0v) is 15.8. The summed E-state index contributed by atoms with van der Waals surface area (Å²) in [5.41, 5.74) is 0. The van der Waals surface area contributed by atoms with Crippen LogP contribution in [0.3, 0.4) is 0 Å². The van der Waals surface area contributed by atoms with Crippen LogP contribution in [-0.2, 0) is 4.74 Å². The molecule has 0 amide bonds. The fourth-order valence-electron chi connectivity index (χ4n) is 4.73. The maximum absolute atomic E-state index is 6.04. The Morgan fingerprint density at radius 3 is 2.39 bits per heavy atom. The van der Waals surface area contributed by atoms with Gasteiger partial charge in [-0.1, -0.05) is 52.4 Å². The fraction of sp³-hybridized carbons (Fsp3) is 0.909. The van der Waals surface area contributed by atoms with E-state index in [0.29, 0.717) is 6.10 Å². The number of unbranched alkanes of at least 4 members (excludes halogenated alkanes) is 3. The van der Waals surface area contributed by atoms with Crippen LogP contribution in [0.2, 0.25) is 0 Å². The van der Waals surface area contributed by atoms with Crippen molar-refractivity contribution in [3.8, 4) is 0 Å². The average molecular weight is 321 g/mol. The van der Waals surface area contributed by atoms with Gasteiger partial charge >= 0.3 is 0 Å². The molecular formula is C22H40O. The van der Waals surface area contributed by atoms with Gasteiger partial charge < -0.3 is 4.74 Å². The highest BCUT2D eigenvalue weighted by atomic mass is 16.5. The van der Waals surface area contributed by atoms with Gasteiger partial charge in [-0.05, 0) is 75.2 Å². The van der Waals surface area contributed by atoms with E-state index in [4.69, 9.17) is 4.74 Å². The maximum atomic E-state index is 6.04. The van der Waals surface area contributed by atoms with Crippen LogP contribution in [0.1, 0.15) is 104 Å². The van der Waals surface area contributed by atoms with Gasteiger partial charge in [0.25, 0.3) is 0 Å². The standard InChI is InChI=1S/C22H40O/c1-3-5-7-8-17-23-22-12-9-11-21(18-22)20-15-13-19(14-16-20)10-6-4-2/h8,17,19-22H,3-7,9-16,18H2,1-2H3/t19?,20?,21-,22-/m1/s1. The van der Waals surface area contributed by atoms with Gasteiger partial charge in [0.2, 0.25) is 0 Å². The van der Waals surface area contributed by atoms with Crippen LogP contribution in [0.15, 0.2) is 12.3 Å². The maximum Gasteiger partial charge on any atom is 0.0981 e. The van der Waals surface area contributed by atoms with Crippen molar-refractivity contribution in [2.45, 2.75) is 110 Å². The third kappa shape index (κ3) is 6.89. The Labute approximate surface area is 145 Å². The van der Waals surface area contributed by atoms with Crippen LogP contribution in [0.25, 0.3) is 0 Å². The van der Waals surface area contributed by atoms with E-state index < -0.39 is 0 Å². The van der Waals surface area contributed by atoms with E-state index in [1.54, 1.807) is 0 Å². The van der Waals surface area contributed by atoms with Gasteiger partial charge in [0, 0.05) is 0 Å². The van der Waals surface area contributed by atoms with Crippen molar-refractivity contribution >= 4 is 0 Å². The first-order valence-electron chi connectivity index (χ1n) is 10.6. The normalized spacial score (nSPS) is 32.3. The molecule has 23 heavy (non-hydrogen) atoms. The lowest BCUT2D eigenvalue weighted by atomic mass is 9.70. The second kappa shape index (κ2) is 11.2. The lowest BCUT2D eigenvalue weighted by molar-refractivity contribution is 0.0510. The molecule has 0 unspecified atom stereocenters. The van der Waals surface area contributed by atoms with Crippen molar-refractivity contribution in [3.63, 3.8) is 0 Å². The Bertz CT molecular complexity index is 314. The lowest BCUT2D eigenvalue weighted by Gasteiger charge is -2.38. The molecule has 0 aromatic carbocycles. The second-order valence-electron chi connectivity index (χ2n) is 8.12. The molecule has 134 valence electrons. The summed E-state index contributed by atoms with van der Waals surface area (Å²) in [6, 6.07) is 0. The Morgan fingerprint density at radius 1 is 0.870 bits per heavy atom. The Morgan fingerprint density at radius 2 is 1.65 bits per heavy atom. The highest BCUT2D eigenvalue weighted by Gasteiger charge is 2.31. The van der Waals surface area contributed by atoms with E-state index >= 15 is 0 Å². The van der Waals surface area contributed by atoms with Crippen molar-refractivity contribution in [2.24, 2.45) is 17.8 Å². The molecule has 2 atom stereocenters. The van der Waals surface area contributed by atoms with Gasteiger partial charge in [0.05, 0.1) is 12.4 Å². The SMILES string of the molecule is CCCCC=CO[C@@H]1CCC[C@@H](C2CCC(CCCC)CC2)C1.